The van der Waals surface area contributed by atoms with E-state index in [1.54, 1.807) is 0 Å². The summed E-state index contributed by atoms with van der Waals surface area (Å²) >= 11 is 0. The molecule has 2 aliphatic heterocycles. The number of rotatable bonds is 2. The Kier molecular flexibility index (Phi) is 2.99. The Morgan fingerprint density at radius 2 is 2.06 bits per heavy atom. The molecule has 1 aromatic heterocycles. The third-order valence-corrected chi connectivity index (χ3v) is 3.76. The van der Waals surface area contributed by atoms with E-state index in [0.29, 0.717) is 0 Å². The number of nitrogens with one attached hydrogen (secondary N) is 1. The lowest BCUT2D eigenvalue weighted by Crippen LogP contribution is -2.63. The minimum Gasteiger partial charge on any atom is -0.353 e. The highest BCUT2D eigenvalue weighted by atomic mass is 15.3. The molecular weight excluding hydrogens is 212 g/mol. The van der Waals surface area contributed by atoms with Crippen LogP contribution in [-0.4, -0.2) is 55.2 Å². The average molecular weight is 232 g/mol. The molecule has 0 atom stereocenters. The van der Waals surface area contributed by atoms with E-state index in [2.05, 4.69) is 39.2 Å². The van der Waals surface area contributed by atoms with Gasteiger partial charge in [-0.05, 0) is 24.6 Å². The summed E-state index contributed by atoms with van der Waals surface area (Å²) < 4.78 is 0. The maximum absolute atomic E-state index is 4.44. The number of nitrogens with zero attached hydrogens (tertiary/aromatic N) is 3. The fourth-order valence-corrected chi connectivity index (χ4v) is 2.61. The maximum atomic E-state index is 4.44. The molecule has 3 rings (SSSR count). The smallest absolute Gasteiger partial charge is 0.128 e. The van der Waals surface area contributed by atoms with Gasteiger partial charge in [-0.15, -0.1) is 0 Å². The summed E-state index contributed by atoms with van der Waals surface area (Å²) in [6.07, 6.45) is 1.91. The maximum Gasteiger partial charge on any atom is 0.128 e. The number of pyridine rings is 1. The van der Waals surface area contributed by atoms with Crippen molar-refractivity contribution in [3.05, 3.63) is 23.9 Å². The molecular formula is C13H20N4. The van der Waals surface area contributed by atoms with E-state index in [4.69, 9.17) is 0 Å². The van der Waals surface area contributed by atoms with Crippen LogP contribution in [-0.2, 0) is 0 Å². The van der Waals surface area contributed by atoms with E-state index in [1.807, 2.05) is 6.20 Å². The highest BCUT2D eigenvalue weighted by Crippen LogP contribution is 2.22. The van der Waals surface area contributed by atoms with Crippen molar-refractivity contribution in [1.29, 1.82) is 0 Å². The molecule has 17 heavy (non-hydrogen) atoms. The van der Waals surface area contributed by atoms with Crippen LogP contribution in [0.5, 0.6) is 0 Å². The number of hydrogen-bond donors (Lipinski definition) is 1. The Balaban J connectivity index is 1.57. The van der Waals surface area contributed by atoms with E-state index < -0.39 is 0 Å². The van der Waals surface area contributed by atoms with Crippen LogP contribution in [0.3, 0.4) is 0 Å². The van der Waals surface area contributed by atoms with Crippen molar-refractivity contribution in [3.8, 4) is 0 Å². The SMILES string of the molecule is Cc1ccnc(N2CC(N3CCNCC3)C2)c1. The molecule has 0 saturated carbocycles. The average Bonchev–Trinajstić information content (AvgIpc) is 2.28. The summed E-state index contributed by atoms with van der Waals surface area (Å²) in [6.45, 7) is 9.06. The lowest BCUT2D eigenvalue weighted by atomic mass is 10.1. The van der Waals surface area contributed by atoms with Crippen LogP contribution in [0, 0.1) is 6.92 Å². The van der Waals surface area contributed by atoms with Crippen LogP contribution in [0.15, 0.2) is 18.3 Å². The molecule has 2 fully saturated rings. The van der Waals surface area contributed by atoms with E-state index in [0.717, 1.165) is 38.0 Å². The summed E-state index contributed by atoms with van der Waals surface area (Å²) in [5, 5.41) is 3.40. The van der Waals surface area contributed by atoms with Crippen molar-refractivity contribution >= 4 is 5.82 Å². The monoisotopic (exact) mass is 232 g/mol. The van der Waals surface area contributed by atoms with Gasteiger partial charge in [-0.1, -0.05) is 0 Å². The Labute approximate surface area is 103 Å². The molecule has 1 N–H and O–H groups in total. The van der Waals surface area contributed by atoms with Gasteiger partial charge < -0.3 is 10.2 Å². The summed E-state index contributed by atoms with van der Waals surface area (Å²) in [5.41, 5.74) is 1.29. The lowest BCUT2D eigenvalue weighted by molar-refractivity contribution is 0.147. The van der Waals surface area contributed by atoms with Gasteiger partial charge in [-0.2, -0.15) is 0 Å². The molecule has 2 saturated heterocycles. The zero-order valence-electron chi connectivity index (χ0n) is 10.4. The second-order valence-electron chi connectivity index (χ2n) is 5.04. The van der Waals surface area contributed by atoms with Crippen LogP contribution in [0.25, 0.3) is 0 Å². The van der Waals surface area contributed by atoms with Gasteiger partial charge in [0.2, 0.25) is 0 Å². The predicted octanol–water partition coefficient (Wildman–Crippen LogP) is 0.484. The second kappa shape index (κ2) is 4.63. The first-order valence-corrected chi connectivity index (χ1v) is 6.45. The molecule has 0 bridgehead atoms. The first-order chi connectivity index (χ1) is 8.33. The van der Waals surface area contributed by atoms with E-state index in [-0.39, 0.29) is 0 Å². The fraction of sp³-hybridized carbons (Fsp3) is 0.615. The molecule has 0 aromatic carbocycles. The molecule has 3 heterocycles. The number of anilines is 1. The standard InChI is InChI=1S/C13H20N4/c1-11-2-3-15-13(8-11)17-9-12(10-17)16-6-4-14-5-7-16/h2-3,8,12,14H,4-7,9-10H2,1H3. The zero-order valence-corrected chi connectivity index (χ0v) is 10.4. The molecule has 4 nitrogen and oxygen atoms in total. The van der Waals surface area contributed by atoms with Gasteiger partial charge in [0.1, 0.15) is 5.82 Å². The van der Waals surface area contributed by atoms with Crippen molar-refractivity contribution in [2.24, 2.45) is 0 Å². The Hall–Kier alpha value is -1.13. The number of aromatic nitrogens is 1. The van der Waals surface area contributed by atoms with Crippen molar-refractivity contribution in [3.63, 3.8) is 0 Å². The molecule has 92 valence electrons. The first-order valence-electron chi connectivity index (χ1n) is 6.45. The third-order valence-electron chi connectivity index (χ3n) is 3.76. The Bertz CT molecular complexity index is 381. The minimum absolute atomic E-state index is 0.736. The van der Waals surface area contributed by atoms with Gasteiger partial charge in [0.25, 0.3) is 0 Å². The van der Waals surface area contributed by atoms with Crippen LogP contribution in [0.1, 0.15) is 5.56 Å². The molecule has 0 unspecified atom stereocenters. The second-order valence-corrected chi connectivity index (χ2v) is 5.04. The van der Waals surface area contributed by atoms with E-state index >= 15 is 0 Å². The number of aryl methyl sites for hydroxylation is 1. The van der Waals surface area contributed by atoms with Crippen molar-refractivity contribution in [2.45, 2.75) is 13.0 Å². The minimum atomic E-state index is 0.736. The molecule has 0 amide bonds. The largest absolute Gasteiger partial charge is 0.353 e. The topological polar surface area (TPSA) is 31.4 Å². The van der Waals surface area contributed by atoms with Gasteiger partial charge >= 0.3 is 0 Å². The van der Waals surface area contributed by atoms with Crippen LogP contribution >= 0.6 is 0 Å². The van der Waals surface area contributed by atoms with Crippen molar-refractivity contribution in [2.75, 3.05) is 44.2 Å². The highest BCUT2D eigenvalue weighted by molar-refractivity contribution is 5.44. The Morgan fingerprint density at radius 1 is 1.29 bits per heavy atom. The van der Waals surface area contributed by atoms with Gasteiger partial charge in [-0.25, -0.2) is 4.98 Å². The number of piperazine rings is 1. The van der Waals surface area contributed by atoms with Crippen molar-refractivity contribution < 1.29 is 0 Å². The van der Waals surface area contributed by atoms with E-state index in [9.17, 15) is 0 Å². The van der Waals surface area contributed by atoms with Gasteiger partial charge in [0.05, 0.1) is 0 Å². The summed E-state index contributed by atoms with van der Waals surface area (Å²) in [4.78, 5) is 9.41. The number of hydrogen-bond acceptors (Lipinski definition) is 4. The van der Waals surface area contributed by atoms with Gasteiger partial charge in [-0.3, -0.25) is 4.90 Å². The van der Waals surface area contributed by atoms with Gasteiger partial charge in [0.15, 0.2) is 0 Å². The molecule has 0 aliphatic carbocycles. The Morgan fingerprint density at radius 3 is 2.76 bits per heavy atom. The molecule has 1 aromatic rings. The van der Waals surface area contributed by atoms with Crippen molar-refractivity contribution in [1.82, 2.24) is 15.2 Å². The predicted molar refractivity (Wildman–Crippen MR) is 69.4 cm³/mol. The summed E-state index contributed by atoms with van der Waals surface area (Å²) in [7, 11) is 0. The fourth-order valence-electron chi connectivity index (χ4n) is 2.61. The zero-order chi connectivity index (χ0) is 11.7. The van der Waals surface area contributed by atoms with Crippen LogP contribution in [0.4, 0.5) is 5.82 Å². The summed E-state index contributed by atoms with van der Waals surface area (Å²) in [5.74, 6) is 1.14. The first kappa shape index (κ1) is 11.0. The lowest BCUT2D eigenvalue weighted by Gasteiger charge is -2.47. The third kappa shape index (κ3) is 2.28. The molecule has 2 aliphatic rings. The van der Waals surface area contributed by atoms with Crippen LogP contribution in [0.2, 0.25) is 0 Å². The molecule has 0 spiro atoms. The molecule has 0 radical (unpaired) electrons. The quantitative estimate of drug-likeness (QED) is 0.804. The van der Waals surface area contributed by atoms with Crippen LogP contribution < -0.4 is 10.2 Å². The molecule has 4 heteroatoms. The normalized spacial score (nSPS) is 22.5. The van der Waals surface area contributed by atoms with E-state index in [1.165, 1.54) is 18.7 Å². The summed E-state index contributed by atoms with van der Waals surface area (Å²) in [6, 6.07) is 4.96. The van der Waals surface area contributed by atoms with Gasteiger partial charge in [0, 0.05) is 51.5 Å². The highest BCUT2D eigenvalue weighted by Gasteiger charge is 2.32.